The number of methoxy groups -OCH3 is 1. The minimum atomic E-state index is -1.28. The van der Waals surface area contributed by atoms with Crippen molar-refractivity contribution in [3.63, 3.8) is 0 Å². The van der Waals surface area contributed by atoms with Crippen LogP contribution in [0.1, 0.15) is 6.42 Å². The number of esters is 1. The Morgan fingerprint density at radius 3 is 2.79 bits per heavy atom. The molecule has 0 radical (unpaired) electrons. The van der Waals surface area contributed by atoms with Gasteiger partial charge in [0, 0.05) is 6.42 Å². The van der Waals surface area contributed by atoms with Crippen LogP contribution in [-0.4, -0.2) is 47.7 Å². The van der Waals surface area contributed by atoms with Gasteiger partial charge in [-0.3, -0.25) is 0 Å². The van der Waals surface area contributed by atoms with Gasteiger partial charge < -0.3 is 19.7 Å². The van der Waals surface area contributed by atoms with Crippen LogP contribution in [0.4, 0.5) is 0 Å². The van der Waals surface area contributed by atoms with Crippen LogP contribution >= 0.6 is 0 Å². The maximum Gasteiger partial charge on any atom is 0.335 e. The molecule has 6 nitrogen and oxygen atoms in total. The molecule has 0 bridgehead atoms. The Hall–Kier alpha value is -1.16. The highest BCUT2D eigenvalue weighted by Gasteiger charge is 2.40. The molecule has 1 saturated heterocycles. The molecule has 0 aliphatic carbocycles. The van der Waals surface area contributed by atoms with Crippen LogP contribution in [0.25, 0.3) is 0 Å². The first-order chi connectivity index (χ1) is 6.60. The molecule has 78 valence electrons. The van der Waals surface area contributed by atoms with E-state index >= 15 is 0 Å². The second-order valence-electron chi connectivity index (χ2n) is 2.99. The highest BCUT2D eigenvalue weighted by Crippen LogP contribution is 2.20. The maximum absolute atomic E-state index is 11.0. The van der Waals surface area contributed by atoms with Crippen molar-refractivity contribution in [1.29, 1.82) is 5.26 Å². The Kier molecular flexibility index (Phi) is 3.41. The van der Waals surface area contributed by atoms with Crippen molar-refractivity contribution in [2.24, 2.45) is 0 Å². The number of aliphatic hydroxyl groups is 2. The number of aliphatic hydroxyl groups excluding tert-OH is 2. The summed E-state index contributed by atoms with van der Waals surface area (Å²) < 4.78 is 9.33. The summed E-state index contributed by atoms with van der Waals surface area (Å²) in [6, 6.07) is 1.65. The van der Waals surface area contributed by atoms with Crippen molar-refractivity contribution in [2.75, 3.05) is 7.11 Å². The first kappa shape index (κ1) is 10.9. The lowest BCUT2D eigenvalue weighted by atomic mass is 9.98. The molecular formula is C8H11NO5. The molecule has 6 heteroatoms. The second-order valence-corrected chi connectivity index (χ2v) is 2.99. The summed E-state index contributed by atoms with van der Waals surface area (Å²) in [5.41, 5.74) is 0. The molecule has 14 heavy (non-hydrogen) atoms. The highest BCUT2D eigenvalue weighted by atomic mass is 16.6. The van der Waals surface area contributed by atoms with Crippen LogP contribution in [0, 0.1) is 11.3 Å². The molecule has 0 amide bonds. The Bertz CT molecular complexity index is 261. The maximum atomic E-state index is 11.0. The van der Waals surface area contributed by atoms with Crippen molar-refractivity contribution in [2.45, 2.75) is 30.8 Å². The standard InChI is InChI=1S/C8H11NO5/c1-13-8(12)5-2-4(10)7(11)6(3-9)14-5/h4-7,10-11H,2H2,1H3/t4-,5+,6-,7-/m1/s1. The Balaban J connectivity index is 2.68. The quantitative estimate of drug-likeness (QED) is 0.504. The molecule has 0 saturated carbocycles. The molecule has 4 atom stereocenters. The minimum absolute atomic E-state index is 0.0635. The SMILES string of the molecule is COC(=O)[C@@H]1C[C@@H](O)[C@@H](O)[C@@H](C#N)O1. The van der Waals surface area contributed by atoms with Crippen LogP contribution in [0.15, 0.2) is 0 Å². The second kappa shape index (κ2) is 4.37. The largest absolute Gasteiger partial charge is 0.467 e. The monoisotopic (exact) mass is 201 g/mol. The van der Waals surface area contributed by atoms with Gasteiger partial charge in [0.25, 0.3) is 0 Å². The average molecular weight is 201 g/mol. The van der Waals surface area contributed by atoms with E-state index in [1.54, 1.807) is 6.07 Å². The number of carbonyl (C=O) groups excluding carboxylic acids is 1. The molecule has 0 spiro atoms. The number of hydrogen-bond donors (Lipinski definition) is 2. The van der Waals surface area contributed by atoms with Crippen LogP contribution in [0.3, 0.4) is 0 Å². The third kappa shape index (κ3) is 2.01. The van der Waals surface area contributed by atoms with Crippen molar-refractivity contribution in [3.8, 4) is 6.07 Å². The Morgan fingerprint density at radius 2 is 2.29 bits per heavy atom. The number of carbonyl (C=O) groups is 1. The van der Waals surface area contributed by atoms with Gasteiger partial charge in [-0.25, -0.2) is 4.79 Å². The van der Waals surface area contributed by atoms with Crippen LogP contribution in [-0.2, 0) is 14.3 Å². The molecule has 1 rings (SSSR count). The van der Waals surface area contributed by atoms with E-state index in [9.17, 15) is 15.0 Å². The number of ether oxygens (including phenoxy) is 2. The van der Waals surface area contributed by atoms with Crippen LogP contribution in [0.2, 0.25) is 0 Å². The van der Waals surface area contributed by atoms with E-state index in [4.69, 9.17) is 10.00 Å². The summed E-state index contributed by atoms with van der Waals surface area (Å²) in [5.74, 6) is -0.656. The lowest BCUT2D eigenvalue weighted by Gasteiger charge is -2.32. The van der Waals surface area contributed by atoms with E-state index in [0.29, 0.717) is 0 Å². The lowest BCUT2D eigenvalue weighted by Crippen LogP contribution is -2.50. The fraction of sp³-hybridized carbons (Fsp3) is 0.750. The van der Waals surface area contributed by atoms with Gasteiger partial charge in [-0.05, 0) is 0 Å². The summed E-state index contributed by atoms with van der Waals surface area (Å²) in [6.45, 7) is 0. The summed E-state index contributed by atoms with van der Waals surface area (Å²) in [5, 5.41) is 27.1. The van der Waals surface area contributed by atoms with Crippen molar-refractivity contribution in [1.82, 2.24) is 0 Å². The third-order valence-corrected chi connectivity index (χ3v) is 2.06. The molecule has 1 aliphatic heterocycles. The van der Waals surface area contributed by atoms with E-state index in [1.807, 2.05) is 0 Å². The molecule has 1 aliphatic rings. The molecule has 0 unspecified atom stereocenters. The predicted octanol–water partition coefficient (Wildman–Crippen LogP) is -1.44. The number of nitriles is 1. The zero-order valence-corrected chi connectivity index (χ0v) is 7.58. The van der Waals surface area contributed by atoms with Gasteiger partial charge in [0.2, 0.25) is 0 Å². The zero-order chi connectivity index (χ0) is 10.7. The zero-order valence-electron chi connectivity index (χ0n) is 7.58. The molecule has 0 aromatic heterocycles. The first-order valence-electron chi connectivity index (χ1n) is 4.09. The van der Waals surface area contributed by atoms with E-state index < -0.39 is 30.4 Å². The normalized spacial score (nSPS) is 37.3. The van der Waals surface area contributed by atoms with E-state index in [-0.39, 0.29) is 6.42 Å². The molecule has 1 fully saturated rings. The number of rotatable bonds is 1. The average Bonchev–Trinajstić information content (AvgIpc) is 2.20. The molecule has 2 N–H and O–H groups in total. The molecule has 0 aromatic carbocycles. The molecule has 0 aromatic rings. The van der Waals surface area contributed by atoms with Crippen molar-refractivity contribution < 1.29 is 24.5 Å². The van der Waals surface area contributed by atoms with E-state index in [1.165, 1.54) is 7.11 Å². The van der Waals surface area contributed by atoms with Crippen molar-refractivity contribution >= 4 is 5.97 Å². The topological polar surface area (TPSA) is 99.8 Å². The van der Waals surface area contributed by atoms with Gasteiger partial charge in [0.15, 0.2) is 12.2 Å². The fourth-order valence-corrected chi connectivity index (χ4v) is 1.26. The Morgan fingerprint density at radius 1 is 1.64 bits per heavy atom. The minimum Gasteiger partial charge on any atom is -0.467 e. The first-order valence-corrected chi connectivity index (χ1v) is 4.09. The number of nitrogens with zero attached hydrogens (tertiary/aromatic N) is 1. The van der Waals surface area contributed by atoms with Crippen LogP contribution < -0.4 is 0 Å². The summed E-state index contributed by atoms with van der Waals surface area (Å²) in [7, 11) is 1.19. The fourth-order valence-electron chi connectivity index (χ4n) is 1.26. The Labute approximate surface area is 80.7 Å². The summed E-state index contributed by atoms with van der Waals surface area (Å²) >= 11 is 0. The van der Waals surface area contributed by atoms with Gasteiger partial charge >= 0.3 is 5.97 Å². The van der Waals surface area contributed by atoms with E-state index in [0.717, 1.165) is 0 Å². The van der Waals surface area contributed by atoms with Gasteiger partial charge in [0.1, 0.15) is 6.10 Å². The summed E-state index contributed by atoms with van der Waals surface area (Å²) in [6.07, 6.45) is -4.66. The highest BCUT2D eigenvalue weighted by molar-refractivity contribution is 5.74. The molecular weight excluding hydrogens is 190 g/mol. The molecule has 1 heterocycles. The van der Waals surface area contributed by atoms with Gasteiger partial charge in [-0.15, -0.1) is 0 Å². The smallest absolute Gasteiger partial charge is 0.335 e. The lowest BCUT2D eigenvalue weighted by molar-refractivity contribution is -0.182. The van der Waals surface area contributed by atoms with Gasteiger partial charge in [0.05, 0.1) is 19.3 Å². The predicted molar refractivity (Wildman–Crippen MR) is 42.9 cm³/mol. The van der Waals surface area contributed by atoms with Crippen LogP contribution in [0.5, 0.6) is 0 Å². The number of hydrogen-bond acceptors (Lipinski definition) is 6. The van der Waals surface area contributed by atoms with E-state index in [2.05, 4.69) is 4.74 Å². The summed E-state index contributed by atoms with van der Waals surface area (Å²) in [4.78, 5) is 11.0. The van der Waals surface area contributed by atoms with Crippen molar-refractivity contribution in [3.05, 3.63) is 0 Å². The van der Waals surface area contributed by atoms with Gasteiger partial charge in [-0.2, -0.15) is 5.26 Å². The third-order valence-electron chi connectivity index (χ3n) is 2.06. The van der Waals surface area contributed by atoms with Gasteiger partial charge in [-0.1, -0.05) is 0 Å².